The summed E-state index contributed by atoms with van der Waals surface area (Å²) in [7, 11) is 1.89. The van der Waals surface area contributed by atoms with Gasteiger partial charge in [-0.05, 0) is 24.1 Å². The van der Waals surface area contributed by atoms with Gasteiger partial charge in [0.05, 0.1) is 24.0 Å². The number of carbonyl (C=O) groups excluding carboxylic acids is 1. The summed E-state index contributed by atoms with van der Waals surface area (Å²) in [5, 5.41) is 10.5. The average Bonchev–Trinajstić information content (AvgIpc) is 3.06. The molecular weight excluding hydrogens is 266 g/mol. The van der Waals surface area contributed by atoms with Crippen molar-refractivity contribution in [3.8, 4) is 0 Å². The van der Waals surface area contributed by atoms with E-state index in [2.05, 4.69) is 20.7 Å². The predicted molar refractivity (Wildman–Crippen MR) is 79.9 cm³/mol. The zero-order valence-corrected chi connectivity index (χ0v) is 12.2. The van der Waals surface area contributed by atoms with Gasteiger partial charge in [-0.2, -0.15) is 5.10 Å². The van der Waals surface area contributed by atoms with Gasteiger partial charge in [-0.25, -0.2) is 0 Å². The first-order chi connectivity index (χ1) is 10.1. The number of nitrogens with zero attached hydrogens (tertiary/aromatic N) is 3. The number of aryl methyl sites for hydroxylation is 2. The van der Waals surface area contributed by atoms with Gasteiger partial charge in [-0.3, -0.25) is 14.5 Å². The van der Waals surface area contributed by atoms with Gasteiger partial charge in [0.1, 0.15) is 0 Å². The van der Waals surface area contributed by atoms with Crippen LogP contribution in [0, 0.1) is 12.8 Å². The first kappa shape index (κ1) is 13.8. The van der Waals surface area contributed by atoms with Crippen LogP contribution in [0.2, 0.25) is 0 Å². The van der Waals surface area contributed by atoms with Crippen molar-refractivity contribution in [2.75, 3.05) is 18.4 Å². The van der Waals surface area contributed by atoms with Gasteiger partial charge in [0.2, 0.25) is 5.91 Å². The molecule has 0 aromatic carbocycles. The van der Waals surface area contributed by atoms with E-state index >= 15 is 0 Å². The third kappa shape index (κ3) is 2.95. The molecule has 0 spiro atoms. The lowest BCUT2D eigenvalue weighted by Gasteiger charge is -2.17. The maximum Gasteiger partial charge on any atom is 0.229 e. The first-order valence-corrected chi connectivity index (χ1v) is 7.05. The molecule has 2 aromatic heterocycles. The Morgan fingerprint density at radius 2 is 2.24 bits per heavy atom. The molecular formula is C15H19N5O. The number of pyridine rings is 1. The van der Waals surface area contributed by atoms with Gasteiger partial charge in [0.25, 0.3) is 0 Å². The summed E-state index contributed by atoms with van der Waals surface area (Å²) < 4.78 is 1.77. The summed E-state index contributed by atoms with van der Waals surface area (Å²) in [5.74, 6) is 0.104. The number of anilines is 1. The van der Waals surface area contributed by atoms with Crippen LogP contribution >= 0.6 is 0 Å². The highest BCUT2D eigenvalue weighted by Crippen LogP contribution is 2.28. The van der Waals surface area contributed by atoms with Crippen LogP contribution in [-0.4, -0.2) is 33.8 Å². The molecule has 2 atom stereocenters. The molecule has 110 valence electrons. The lowest BCUT2D eigenvalue weighted by Crippen LogP contribution is -2.28. The van der Waals surface area contributed by atoms with E-state index < -0.39 is 0 Å². The number of rotatable bonds is 3. The highest BCUT2D eigenvalue weighted by molar-refractivity contribution is 5.93. The van der Waals surface area contributed by atoms with Crippen molar-refractivity contribution in [2.45, 2.75) is 12.8 Å². The van der Waals surface area contributed by atoms with Gasteiger partial charge in [0.15, 0.2) is 0 Å². The topological polar surface area (TPSA) is 71.8 Å². The van der Waals surface area contributed by atoms with E-state index in [1.54, 1.807) is 17.1 Å². The molecule has 0 saturated carbocycles. The van der Waals surface area contributed by atoms with Gasteiger partial charge in [-0.1, -0.05) is 0 Å². The van der Waals surface area contributed by atoms with Crippen LogP contribution in [0.5, 0.6) is 0 Å². The van der Waals surface area contributed by atoms with Crippen molar-refractivity contribution in [3.63, 3.8) is 0 Å². The molecule has 6 heteroatoms. The van der Waals surface area contributed by atoms with Crippen molar-refractivity contribution >= 4 is 11.6 Å². The Kier molecular flexibility index (Phi) is 3.70. The van der Waals surface area contributed by atoms with Gasteiger partial charge in [-0.15, -0.1) is 0 Å². The van der Waals surface area contributed by atoms with Crippen LogP contribution in [0.4, 0.5) is 5.69 Å². The maximum absolute atomic E-state index is 12.5. The second-order valence-electron chi connectivity index (χ2n) is 5.56. The number of hydrogen-bond acceptors (Lipinski definition) is 4. The minimum atomic E-state index is -0.0882. The third-order valence-corrected chi connectivity index (χ3v) is 3.85. The monoisotopic (exact) mass is 285 g/mol. The largest absolute Gasteiger partial charge is 0.324 e. The van der Waals surface area contributed by atoms with Crippen molar-refractivity contribution in [1.29, 1.82) is 0 Å². The SMILES string of the molecule is Cc1cncc(NC(=O)[C@H]2CNC[C@@H]2c2cnn(C)c2)c1. The summed E-state index contributed by atoms with van der Waals surface area (Å²) >= 11 is 0. The molecule has 1 saturated heterocycles. The number of hydrogen-bond donors (Lipinski definition) is 2. The fourth-order valence-corrected chi connectivity index (χ4v) is 2.79. The molecule has 1 fully saturated rings. The lowest BCUT2D eigenvalue weighted by atomic mass is 9.90. The number of aromatic nitrogens is 3. The van der Waals surface area contributed by atoms with Crippen molar-refractivity contribution in [3.05, 3.63) is 42.0 Å². The zero-order valence-electron chi connectivity index (χ0n) is 12.2. The second-order valence-corrected chi connectivity index (χ2v) is 5.56. The van der Waals surface area contributed by atoms with E-state index in [0.29, 0.717) is 6.54 Å². The smallest absolute Gasteiger partial charge is 0.229 e. The first-order valence-electron chi connectivity index (χ1n) is 7.05. The van der Waals surface area contributed by atoms with Crippen LogP contribution in [0.1, 0.15) is 17.0 Å². The normalized spacial score (nSPS) is 21.4. The molecule has 2 aromatic rings. The number of carbonyl (C=O) groups is 1. The van der Waals surface area contributed by atoms with Gasteiger partial charge >= 0.3 is 0 Å². The van der Waals surface area contributed by atoms with Gasteiger partial charge < -0.3 is 10.6 Å². The molecule has 3 heterocycles. The molecule has 2 N–H and O–H groups in total. The predicted octanol–water partition coefficient (Wildman–Crippen LogP) is 1.07. The van der Waals surface area contributed by atoms with Crippen LogP contribution in [0.3, 0.4) is 0 Å². The van der Waals surface area contributed by atoms with E-state index in [1.165, 1.54) is 0 Å². The molecule has 0 radical (unpaired) electrons. The summed E-state index contributed by atoms with van der Waals surface area (Å²) in [6.07, 6.45) is 7.26. The molecule has 0 bridgehead atoms. The summed E-state index contributed by atoms with van der Waals surface area (Å²) in [6.45, 7) is 3.44. The van der Waals surface area contributed by atoms with Crippen LogP contribution in [-0.2, 0) is 11.8 Å². The Morgan fingerprint density at radius 3 is 2.95 bits per heavy atom. The standard InChI is InChI=1S/C15H19N5O/c1-10-3-12(6-16-4-10)19-15(21)14-8-17-7-13(14)11-5-18-20(2)9-11/h3-6,9,13-14,17H,7-8H2,1-2H3,(H,19,21)/t13-,14+/m1/s1. The Bertz CT molecular complexity index is 651. The molecule has 21 heavy (non-hydrogen) atoms. The molecule has 3 rings (SSSR count). The van der Waals surface area contributed by atoms with Gasteiger partial charge in [0, 0.05) is 38.4 Å². The van der Waals surface area contributed by atoms with E-state index in [1.807, 2.05) is 32.4 Å². The fourth-order valence-electron chi connectivity index (χ4n) is 2.79. The van der Waals surface area contributed by atoms with E-state index in [4.69, 9.17) is 0 Å². The molecule has 1 aliphatic heterocycles. The number of amides is 1. The average molecular weight is 285 g/mol. The Labute approximate surface area is 123 Å². The number of nitrogens with one attached hydrogen (secondary N) is 2. The lowest BCUT2D eigenvalue weighted by molar-refractivity contribution is -0.119. The molecule has 1 aliphatic rings. The highest BCUT2D eigenvalue weighted by Gasteiger charge is 2.34. The van der Waals surface area contributed by atoms with Crippen molar-refractivity contribution in [2.24, 2.45) is 13.0 Å². The highest BCUT2D eigenvalue weighted by atomic mass is 16.2. The Hall–Kier alpha value is -2.21. The molecule has 1 amide bonds. The van der Waals surface area contributed by atoms with Crippen molar-refractivity contribution < 1.29 is 4.79 Å². The van der Waals surface area contributed by atoms with E-state index in [9.17, 15) is 4.79 Å². The Morgan fingerprint density at radius 1 is 1.38 bits per heavy atom. The van der Waals surface area contributed by atoms with E-state index in [-0.39, 0.29) is 17.7 Å². The quantitative estimate of drug-likeness (QED) is 0.884. The Balaban J connectivity index is 1.74. The minimum absolute atomic E-state index is 0.0289. The van der Waals surface area contributed by atoms with Crippen LogP contribution in [0.25, 0.3) is 0 Å². The zero-order chi connectivity index (χ0) is 14.8. The summed E-state index contributed by atoms with van der Waals surface area (Å²) in [5.41, 5.74) is 2.88. The summed E-state index contributed by atoms with van der Waals surface area (Å²) in [6, 6.07) is 1.92. The maximum atomic E-state index is 12.5. The second kappa shape index (κ2) is 5.65. The van der Waals surface area contributed by atoms with Crippen molar-refractivity contribution in [1.82, 2.24) is 20.1 Å². The fraction of sp³-hybridized carbons (Fsp3) is 0.400. The third-order valence-electron chi connectivity index (χ3n) is 3.85. The molecule has 0 unspecified atom stereocenters. The van der Waals surface area contributed by atoms with E-state index in [0.717, 1.165) is 23.4 Å². The molecule has 0 aliphatic carbocycles. The van der Waals surface area contributed by atoms with Crippen LogP contribution < -0.4 is 10.6 Å². The molecule has 6 nitrogen and oxygen atoms in total. The van der Waals surface area contributed by atoms with Crippen LogP contribution in [0.15, 0.2) is 30.9 Å². The minimum Gasteiger partial charge on any atom is -0.324 e. The summed E-state index contributed by atoms with van der Waals surface area (Å²) in [4.78, 5) is 16.6.